The van der Waals surface area contributed by atoms with Crippen LogP contribution in [0.1, 0.15) is 15.9 Å². The van der Waals surface area contributed by atoms with Gasteiger partial charge in [-0.2, -0.15) is 0 Å². The Bertz CT molecular complexity index is 958. The van der Waals surface area contributed by atoms with E-state index >= 15 is 0 Å². The molecule has 0 spiro atoms. The molecule has 0 bridgehead atoms. The molecule has 0 atom stereocenters. The zero-order valence-corrected chi connectivity index (χ0v) is 14.0. The Hall–Kier alpha value is -3.85. The van der Waals surface area contributed by atoms with Crippen LogP contribution in [0, 0.1) is 10.1 Å². The number of nitrogens with one attached hydrogen (secondary N) is 2. The summed E-state index contributed by atoms with van der Waals surface area (Å²) in [5, 5.41) is 22.4. The lowest BCUT2D eigenvalue weighted by molar-refractivity contribution is -0.384. The molecular formula is C18H15N5O4. The van der Waals surface area contributed by atoms with Gasteiger partial charge < -0.3 is 5.32 Å². The van der Waals surface area contributed by atoms with Gasteiger partial charge in [0.25, 0.3) is 11.6 Å². The number of nitrogens with zero attached hydrogens (tertiary/aromatic N) is 3. The van der Waals surface area contributed by atoms with Crippen LogP contribution in [0.5, 0.6) is 0 Å². The number of aromatic nitrogens is 2. The number of hydrogen-bond donors (Lipinski definition) is 3. The molecule has 1 amide bonds. The van der Waals surface area contributed by atoms with E-state index < -0.39 is 10.8 Å². The van der Waals surface area contributed by atoms with Gasteiger partial charge in [0.05, 0.1) is 10.6 Å². The lowest BCUT2D eigenvalue weighted by Crippen LogP contribution is -2.18. The molecule has 0 aliphatic rings. The molecule has 1 heterocycles. The maximum absolute atomic E-state index is 11.3. The van der Waals surface area contributed by atoms with E-state index in [2.05, 4.69) is 15.3 Å². The lowest BCUT2D eigenvalue weighted by atomic mass is 10.1. The van der Waals surface area contributed by atoms with Gasteiger partial charge in [0, 0.05) is 36.0 Å². The van der Waals surface area contributed by atoms with Crippen LogP contribution in [-0.2, 0) is 6.54 Å². The maximum Gasteiger partial charge on any atom is 0.274 e. The van der Waals surface area contributed by atoms with E-state index in [9.17, 15) is 14.9 Å². The fourth-order valence-corrected chi connectivity index (χ4v) is 2.38. The molecule has 9 heteroatoms. The van der Waals surface area contributed by atoms with E-state index in [0.29, 0.717) is 23.8 Å². The van der Waals surface area contributed by atoms with Crippen molar-refractivity contribution in [3.05, 3.63) is 82.0 Å². The predicted octanol–water partition coefficient (Wildman–Crippen LogP) is 2.78. The first-order valence-electron chi connectivity index (χ1n) is 7.92. The van der Waals surface area contributed by atoms with Crippen molar-refractivity contribution in [1.29, 1.82) is 0 Å². The summed E-state index contributed by atoms with van der Waals surface area (Å²) in [4.78, 5) is 30.1. The predicted molar refractivity (Wildman–Crippen MR) is 97.1 cm³/mol. The van der Waals surface area contributed by atoms with Gasteiger partial charge in [-0.25, -0.2) is 15.4 Å². The van der Waals surface area contributed by atoms with Gasteiger partial charge in [-0.05, 0) is 35.9 Å². The van der Waals surface area contributed by atoms with Gasteiger partial charge >= 0.3 is 0 Å². The molecule has 3 rings (SSSR count). The average molecular weight is 365 g/mol. The van der Waals surface area contributed by atoms with Gasteiger partial charge in [0.2, 0.25) is 5.95 Å². The summed E-state index contributed by atoms with van der Waals surface area (Å²) < 4.78 is 0. The zero-order chi connectivity index (χ0) is 19.2. The lowest BCUT2D eigenvalue weighted by Gasteiger charge is -2.07. The molecular weight excluding hydrogens is 350 g/mol. The minimum Gasteiger partial charge on any atom is -0.350 e. The highest BCUT2D eigenvalue weighted by atomic mass is 16.6. The number of non-ortho nitro benzene ring substituents is 1. The molecule has 0 saturated heterocycles. The second-order valence-corrected chi connectivity index (χ2v) is 5.56. The second-order valence-electron chi connectivity index (χ2n) is 5.56. The minimum absolute atomic E-state index is 0.0180. The van der Waals surface area contributed by atoms with Crippen LogP contribution >= 0.6 is 0 Å². The number of benzene rings is 2. The molecule has 9 nitrogen and oxygen atoms in total. The van der Waals surface area contributed by atoms with Gasteiger partial charge in [-0.15, -0.1) is 0 Å². The molecule has 1 aromatic heterocycles. The number of hydroxylamine groups is 1. The Morgan fingerprint density at radius 1 is 1.07 bits per heavy atom. The molecule has 0 aliphatic heterocycles. The van der Waals surface area contributed by atoms with Crippen molar-refractivity contribution in [2.24, 2.45) is 0 Å². The first-order valence-corrected chi connectivity index (χ1v) is 7.92. The smallest absolute Gasteiger partial charge is 0.274 e. The Labute approximate surface area is 153 Å². The molecule has 136 valence electrons. The van der Waals surface area contributed by atoms with Gasteiger partial charge in [-0.1, -0.05) is 12.1 Å². The van der Waals surface area contributed by atoms with Crippen molar-refractivity contribution in [1.82, 2.24) is 15.4 Å². The quantitative estimate of drug-likeness (QED) is 0.348. The van der Waals surface area contributed by atoms with Crippen LogP contribution in [-0.4, -0.2) is 26.0 Å². The summed E-state index contributed by atoms with van der Waals surface area (Å²) in [6.07, 6.45) is 1.60. The number of nitro benzene ring substituents is 1. The maximum atomic E-state index is 11.3. The van der Waals surface area contributed by atoms with E-state index in [4.69, 9.17) is 5.21 Å². The van der Waals surface area contributed by atoms with Gasteiger partial charge in [0.1, 0.15) is 0 Å². The Kier molecular flexibility index (Phi) is 5.33. The standard InChI is InChI=1S/C18H15N5O4/c24-17(22-25)14-3-1-12(2-4-14)11-20-18-19-10-9-16(21-18)13-5-7-15(8-6-13)23(26)27/h1-10,25H,11H2,(H,22,24)(H,19,20,21). The number of carbonyl (C=O) groups excluding carboxylic acids is 1. The van der Waals surface area contributed by atoms with Crippen LogP contribution < -0.4 is 10.8 Å². The fraction of sp³-hybridized carbons (Fsp3) is 0.0556. The zero-order valence-electron chi connectivity index (χ0n) is 14.0. The van der Waals surface area contributed by atoms with Crippen molar-refractivity contribution in [2.45, 2.75) is 6.54 Å². The summed E-state index contributed by atoms with van der Waals surface area (Å²) in [6, 6.07) is 14.5. The molecule has 27 heavy (non-hydrogen) atoms. The molecule has 0 radical (unpaired) electrons. The molecule has 0 saturated carbocycles. The summed E-state index contributed by atoms with van der Waals surface area (Å²) in [5.41, 5.74) is 4.22. The summed E-state index contributed by atoms with van der Waals surface area (Å²) >= 11 is 0. The largest absolute Gasteiger partial charge is 0.350 e. The molecule has 0 unspecified atom stereocenters. The number of rotatable bonds is 6. The van der Waals surface area contributed by atoms with Crippen LogP contribution in [0.25, 0.3) is 11.3 Å². The third-order valence-electron chi connectivity index (χ3n) is 3.80. The van der Waals surface area contributed by atoms with Crippen molar-refractivity contribution in [3.63, 3.8) is 0 Å². The second kappa shape index (κ2) is 8.02. The summed E-state index contributed by atoms with van der Waals surface area (Å²) in [7, 11) is 0. The number of anilines is 1. The number of carbonyl (C=O) groups is 1. The SMILES string of the molecule is O=C(NO)c1ccc(CNc2nccc(-c3ccc([N+](=O)[O-])cc3)n2)cc1. The monoisotopic (exact) mass is 365 g/mol. The Morgan fingerprint density at radius 2 is 1.78 bits per heavy atom. The average Bonchev–Trinajstić information content (AvgIpc) is 2.72. The van der Waals surface area contributed by atoms with Crippen molar-refractivity contribution in [2.75, 3.05) is 5.32 Å². The molecule has 2 aromatic carbocycles. The summed E-state index contributed by atoms with van der Waals surface area (Å²) in [6.45, 7) is 0.435. The Balaban J connectivity index is 1.69. The molecule has 3 aromatic rings. The highest BCUT2D eigenvalue weighted by molar-refractivity contribution is 5.93. The molecule has 3 N–H and O–H groups in total. The third-order valence-corrected chi connectivity index (χ3v) is 3.80. The minimum atomic E-state index is -0.575. The highest BCUT2D eigenvalue weighted by Crippen LogP contribution is 2.21. The number of hydrogen-bond acceptors (Lipinski definition) is 7. The Morgan fingerprint density at radius 3 is 2.41 bits per heavy atom. The van der Waals surface area contributed by atoms with Gasteiger partial charge in [0.15, 0.2) is 0 Å². The number of nitro groups is 1. The van der Waals surface area contributed by atoms with Crippen LogP contribution in [0.15, 0.2) is 60.8 Å². The van der Waals surface area contributed by atoms with E-state index in [-0.39, 0.29) is 5.69 Å². The van der Waals surface area contributed by atoms with E-state index in [1.54, 1.807) is 54.1 Å². The topological polar surface area (TPSA) is 130 Å². The van der Waals surface area contributed by atoms with Crippen molar-refractivity contribution in [3.8, 4) is 11.3 Å². The van der Waals surface area contributed by atoms with Crippen molar-refractivity contribution < 1.29 is 14.9 Å². The van der Waals surface area contributed by atoms with Crippen LogP contribution in [0.2, 0.25) is 0 Å². The number of amides is 1. The van der Waals surface area contributed by atoms with Crippen molar-refractivity contribution >= 4 is 17.5 Å². The van der Waals surface area contributed by atoms with E-state index in [1.807, 2.05) is 0 Å². The van der Waals surface area contributed by atoms with E-state index in [1.165, 1.54) is 12.1 Å². The highest BCUT2D eigenvalue weighted by Gasteiger charge is 2.07. The first-order chi connectivity index (χ1) is 13.1. The van der Waals surface area contributed by atoms with E-state index in [0.717, 1.165) is 11.1 Å². The van der Waals surface area contributed by atoms with Crippen LogP contribution in [0.4, 0.5) is 11.6 Å². The first kappa shape index (κ1) is 18.0. The van der Waals surface area contributed by atoms with Gasteiger partial charge in [-0.3, -0.25) is 20.1 Å². The summed E-state index contributed by atoms with van der Waals surface area (Å²) in [5.74, 6) is -0.170. The third kappa shape index (κ3) is 4.41. The normalized spacial score (nSPS) is 10.3. The fourth-order valence-electron chi connectivity index (χ4n) is 2.38. The molecule has 0 aliphatic carbocycles. The van der Waals surface area contributed by atoms with Crippen LogP contribution in [0.3, 0.4) is 0 Å². The molecule has 0 fully saturated rings.